The van der Waals surface area contributed by atoms with Crippen LogP contribution in [0.15, 0.2) is 24.4 Å². The fraction of sp³-hybridized carbons (Fsp3) is 0.533. The van der Waals surface area contributed by atoms with Gasteiger partial charge in [-0.05, 0) is 37.8 Å². The van der Waals surface area contributed by atoms with Crippen LogP contribution in [0.2, 0.25) is 0 Å². The van der Waals surface area contributed by atoms with Crippen LogP contribution in [0.3, 0.4) is 0 Å². The highest BCUT2D eigenvalue weighted by molar-refractivity contribution is 5.91. The zero-order valence-electron chi connectivity index (χ0n) is 11.6. The van der Waals surface area contributed by atoms with Crippen molar-refractivity contribution < 1.29 is 9.59 Å². The van der Waals surface area contributed by atoms with E-state index in [2.05, 4.69) is 10.3 Å². The second-order valence-electron chi connectivity index (χ2n) is 5.72. The molecule has 3 rings (SSSR count). The Morgan fingerprint density at radius 2 is 2.15 bits per heavy atom. The zero-order chi connectivity index (χ0) is 14.1. The highest BCUT2D eigenvalue weighted by Crippen LogP contribution is 2.35. The molecular weight excluding hydrogens is 254 g/mol. The summed E-state index contributed by atoms with van der Waals surface area (Å²) in [5.74, 6) is 0.339. The maximum absolute atomic E-state index is 12.7. The van der Waals surface area contributed by atoms with Gasteiger partial charge in [0.1, 0.15) is 6.04 Å². The third kappa shape index (κ3) is 2.66. The minimum absolute atomic E-state index is 0.0220. The Morgan fingerprint density at radius 3 is 2.80 bits per heavy atom. The number of pyridine rings is 1. The first kappa shape index (κ1) is 13.1. The van der Waals surface area contributed by atoms with E-state index in [0.29, 0.717) is 18.9 Å². The van der Waals surface area contributed by atoms with Crippen LogP contribution < -0.4 is 5.32 Å². The average Bonchev–Trinajstić information content (AvgIpc) is 3.26. The summed E-state index contributed by atoms with van der Waals surface area (Å²) >= 11 is 0. The van der Waals surface area contributed by atoms with Crippen LogP contribution in [0.4, 0.5) is 0 Å². The van der Waals surface area contributed by atoms with Crippen molar-refractivity contribution in [2.45, 2.75) is 44.8 Å². The Kier molecular flexibility index (Phi) is 3.42. The van der Waals surface area contributed by atoms with Gasteiger partial charge in [-0.25, -0.2) is 0 Å². The molecule has 5 heteroatoms. The van der Waals surface area contributed by atoms with E-state index < -0.39 is 0 Å². The normalized spacial score (nSPS) is 27.1. The quantitative estimate of drug-likeness (QED) is 0.897. The molecule has 1 N–H and O–H groups in total. The number of rotatable bonds is 3. The van der Waals surface area contributed by atoms with Crippen LogP contribution in [-0.2, 0) is 16.1 Å². The molecule has 2 unspecified atom stereocenters. The number of nitrogens with zero attached hydrogens (tertiary/aromatic N) is 2. The fourth-order valence-corrected chi connectivity index (χ4v) is 2.72. The van der Waals surface area contributed by atoms with Crippen molar-refractivity contribution in [3.8, 4) is 0 Å². The minimum Gasteiger partial charge on any atom is -0.344 e. The van der Waals surface area contributed by atoms with Gasteiger partial charge in [0.15, 0.2) is 0 Å². The maximum Gasteiger partial charge on any atom is 0.246 e. The molecular formula is C15H19N3O2. The molecule has 1 aliphatic heterocycles. The molecule has 0 spiro atoms. The summed E-state index contributed by atoms with van der Waals surface area (Å²) in [5, 5.41) is 2.89. The van der Waals surface area contributed by atoms with E-state index >= 15 is 0 Å². The van der Waals surface area contributed by atoms with Gasteiger partial charge in [0, 0.05) is 18.7 Å². The highest BCUT2D eigenvalue weighted by atomic mass is 16.2. The summed E-state index contributed by atoms with van der Waals surface area (Å²) in [5.41, 5.74) is 0.858. The monoisotopic (exact) mass is 273 g/mol. The highest BCUT2D eigenvalue weighted by Gasteiger charge is 2.42. The van der Waals surface area contributed by atoms with Gasteiger partial charge in [0.2, 0.25) is 11.8 Å². The Labute approximate surface area is 118 Å². The lowest BCUT2D eigenvalue weighted by atomic mass is 10.1. The smallest absolute Gasteiger partial charge is 0.246 e. The van der Waals surface area contributed by atoms with Crippen molar-refractivity contribution in [2.24, 2.45) is 5.92 Å². The molecule has 2 aliphatic rings. The SMILES string of the molecule is CC1CC(=O)NC(C2CC2)C(=O)N1Cc1ccccn1. The lowest BCUT2D eigenvalue weighted by Gasteiger charge is -2.28. The summed E-state index contributed by atoms with van der Waals surface area (Å²) in [6, 6.07) is 5.25. The summed E-state index contributed by atoms with van der Waals surface area (Å²) < 4.78 is 0. The van der Waals surface area contributed by atoms with Gasteiger partial charge in [-0.1, -0.05) is 6.07 Å². The summed E-state index contributed by atoms with van der Waals surface area (Å²) in [6.07, 6.45) is 4.15. The van der Waals surface area contributed by atoms with Gasteiger partial charge in [-0.2, -0.15) is 0 Å². The molecule has 2 amide bonds. The van der Waals surface area contributed by atoms with Gasteiger partial charge in [-0.3, -0.25) is 14.6 Å². The molecule has 1 saturated carbocycles. The second kappa shape index (κ2) is 5.23. The lowest BCUT2D eigenvalue weighted by Crippen LogP contribution is -2.47. The van der Waals surface area contributed by atoms with E-state index in [1.165, 1.54) is 0 Å². The van der Waals surface area contributed by atoms with Crippen LogP contribution >= 0.6 is 0 Å². The van der Waals surface area contributed by atoms with Crippen LogP contribution in [0.25, 0.3) is 0 Å². The van der Waals surface area contributed by atoms with Gasteiger partial charge in [0.05, 0.1) is 12.2 Å². The number of aromatic nitrogens is 1. The van der Waals surface area contributed by atoms with Gasteiger partial charge >= 0.3 is 0 Å². The van der Waals surface area contributed by atoms with Crippen LogP contribution in [-0.4, -0.2) is 33.8 Å². The van der Waals surface area contributed by atoms with Gasteiger partial charge in [-0.15, -0.1) is 0 Å². The van der Waals surface area contributed by atoms with Crippen molar-refractivity contribution in [3.05, 3.63) is 30.1 Å². The summed E-state index contributed by atoms with van der Waals surface area (Å²) in [6.45, 7) is 2.40. The average molecular weight is 273 g/mol. The summed E-state index contributed by atoms with van der Waals surface area (Å²) in [7, 11) is 0. The van der Waals surface area contributed by atoms with Gasteiger partial charge < -0.3 is 10.2 Å². The predicted octanol–water partition coefficient (Wildman–Crippen LogP) is 1.10. The molecule has 0 radical (unpaired) electrons. The number of amides is 2. The van der Waals surface area contributed by atoms with E-state index in [1.54, 1.807) is 11.1 Å². The third-order valence-corrected chi connectivity index (χ3v) is 4.03. The molecule has 20 heavy (non-hydrogen) atoms. The molecule has 2 fully saturated rings. The van der Waals surface area contributed by atoms with Gasteiger partial charge in [0.25, 0.3) is 0 Å². The first-order chi connectivity index (χ1) is 9.65. The molecule has 0 bridgehead atoms. The molecule has 106 valence electrons. The van der Waals surface area contributed by atoms with Crippen LogP contribution in [0.1, 0.15) is 31.9 Å². The molecule has 0 aromatic carbocycles. The molecule has 1 saturated heterocycles. The molecule has 2 atom stereocenters. The zero-order valence-corrected chi connectivity index (χ0v) is 11.6. The largest absolute Gasteiger partial charge is 0.344 e. The molecule has 5 nitrogen and oxygen atoms in total. The molecule has 1 aromatic heterocycles. The van der Waals surface area contributed by atoms with E-state index in [9.17, 15) is 9.59 Å². The van der Waals surface area contributed by atoms with Crippen molar-refractivity contribution in [3.63, 3.8) is 0 Å². The van der Waals surface area contributed by atoms with E-state index in [4.69, 9.17) is 0 Å². The Bertz CT molecular complexity index is 513. The van der Waals surface area contributed by atoms with Crippen molar-refractivity contribution in [2.75, 3.05) is 0 Å². The van der Waals surface area contributed by atoms with Crippen LogP contribution in [0, 0.1) is 5.92 Å². The standard InChI is InChI=1S/C15H19N3O2/c1-10-8-13(19)17-14(11-5-6-11)15(20)18(10)9-12-4-2-3-7-16-12/h2-4,7,10-11,14H,5-6,8-9H2,1H3,(H,17,19). The first-order valence-electron chi connectivity index (χ1n) is 7.15. The number of nitrogens with one attached hydrogen (secondary N) is 1. The van der Waals surface area contributed by atoms with E-state index in [1.807, 2.05) is 25.1 Å². The van der Waals surface area contributed by atoms with Crippen molar-refractivity contribution in [1.82, 2.24) is 15.2 Å². The number of hydrogen-bond donors (Lipinski definition) is 1. The topological polar surface area (TPSA) is 62.3 Å². The number of carbonyl (C=O) groups is 2. The van der Waals surface area contributed by atoms with Crippen LogP contribution in [0.5, 0.6) is 0 Å². The predicted molar refractivity (Wildman–Crippen MR) is 73.5 cm³/mol. The molecule has 2 heterocycles. The number of hydrogen-bond acceptors (Lipinski definition) is 3. The molecule has 1 aromatic rings. The molecule has 1 aliphatic carbocycles. The Morgan fingerprint density at radius 1 is 1.35 bits per heavy atom. The third-order valence-electron chi connectivity index (χ3n) is 4.03. The fourth-order valence-electron chi connectivity index (χ4n) is 2.72. The van der Waals surface area contributed by atoms with Crippen molar-refractivity contribution in [1.29, 1.82) is 0 Å². The maximum atomic E-state index is 12.7. The summed E-state index contributed by atoms with van der Waals surface area (Å²) in [4.78, 5) is 30.6. The van der Waals surface area contributed by atoms with Crippen molar-refractivity contribution >= 4 is 11.8 Å². The van der Waals surface area contributed by atoms with E-state index in [0.717, 1.165) is 18.5 Å². The first-order valence-corrected chi connectivity index (χ1v) is 7.15. The lowest BCUT2D eigenvalue weighted by molar-refractivity contribution is -0.136. The second-order valence-corrected chi connectivity index (χ2v) is 5.72. The number of carbonyl (C=O) groups excluding carboxylic acids is 2. The minimum atomic E-state index is -0.337. The Hall–Kier alpha value is -1.91. The van der Waals surface area contributed by atoms with E-state index in [-0.39, 0.29) is 23.9 Å². The Balaban J connectivity index is 1.82.